The van der Waals surface area contributed by atoms with Crippen LogP contribution in [0.25, 0.3) is 10.9 Å². The van der Waals surface area contributed by atoms with Crippen LogP contribution in [0.4, 0.5) is 5.69 Å². The molecule has 0 aliphatic carbocycles. The fraction of sp³-hybridized carbons (Fsp3) is 0.348. The van der Waals surface area contributed by atoms with Gasteiger partial charge in [-0.3, -0.25) is 14.2 Å². The average molecular weight is 471 g/mol. The van der Waals surface area contributed by atoms with Gasteiger partial charge in [0, 0.05) is 18.8 Å². The first-order valence-corrected chi connectivity index (χ1v) is 12.2. The Balaban J connectivity index is 1.49. The van der Waals surface area contributed by atoms with E-state index in [1.165, 1.54) is 28.6 Å². The fourth-order valence-corrected chi connectivity index (χ4v) is 6.03. The zero-order valence-electron chi connectivity index (χ0n) is 18.4. The van der Waals surface area contributed by atoms with Gasteiger partial charge in [-0.05, 0) is 54.7 Å². The molecule has 1 fully saturated rings. The van der Waals surface area contributed by atoms with Gasteiger partial charge in [-0.1, -0.05) is 26.0 Å². The van der Waals surface area contributed by atoms with E-state index >= 15 is 0 Å². The number of hydrogen-bond donors (Lipinski definition) is 2. The largest absolute Gasteiger partial charge is 0.329 e. The molecule has 1 aliphatic heterocycles. The Morgan fingerprint density at radius 3 is 2.33 bits per heavy atom. The molecule has 2 atom stereocenters. The van der Waals surface area contributed by atoms with Crippen molar-refractivity contribution in [2.75, 3.05) is 18.4 Å². The fourth-order valence-electron chi connectivity index (χ4n) is 4.35. The molecule has 4 rings (SSSR count). The summed E-state index contributed by atoms with van der Waals surface area (Å²) in [5.74, 6) is 0.0136. The number of H-pyrrole nitrogens is 1. The number of nitrogens with zero attached hydrogens (tertiary/aromatic N) is 2. The molecule has 174 valence electrons. The number of rotatable bonds is 5. The SMILES string of the molecule is CC1CC(C)CN(S(=O)(=O)c2ccc(NC(=O)Cn3c(=O)[nH]c4ccccc4c3=O)cc2)C1. The molecule has 1 aromatic heterocycles. The summed E-state index contributed by atoms with van der Waals surface area (Å²) in [4.78, 5) is 40.0. The van der Waals surface area contributed by atoms with E-state index < -0.39 is 33.7 Å². The van der Waals surface area contributed by atoms with E-state index in [1.54, 1.807) is 24.3 Å². The molecular weight excluding hydrogens is 444 g/mol. The lowest BCUT2D eigenvalue weighted by atomic mass is 9.94. The van der Waals surface area contributed by atoms with Crippen LogP contribution in [0.5, 0.6) is 0 Å². The van der Waals surface area contributed by atoms with Gasteiger partial charge in [0.25, 0.3) is 5.56 Å². The molecule has 0 bridgehead atoms. The topological polar surface area (TPSA) is 121 Å². The summed E-state index contributed by atoms with van der Waals surface area (Å²) in [6.45, 7) is 4.59. The van der Waals surface area contributed by atoms with Crippen molar-refractivity contribution < 1.29 is 13.2 Å². The molecule has 2 N–H and O–H groups in total. The quantitative estimate of drug-likeness (QED) is 0.591. The lowest BCUT2D eigenvalue weighted by Crippen LogP contribution is -2.42. The maximum absolute atomic E-state index is 13.0. The third kappa shape index (κ3) is 4.76. The maximum atomic E-state index is 13.0. The highest BCUT2D eigenvalue weighted by Gasteiger charge is 2.31. The Kier molecular flexibility index (Phi) is 6.22. The highest BCUT2D eigenvalue weighted by atomic mass is 32.2. The van der Waals surface area contributed by atoms with E-state index in [0.29, 0.717) is 41.5 Å². The van der Waals surface area contributed by atoms with Crippen LogP contribution in [0.1, 0.15) is 20.3 Å². The number of fused-ring (bicyclic) bond motifs is 1. The van der Waals surface area contributed by atoms with Crippen LogP contribution in [-0.2, 0) is 21.4 Å². The maximum Gasteiger partial charge on any atom is 0.329 e. The molecule has 1 aliphatic rings. The highest BCUT2D eigenvalue weighted by molar-refractivity contribution is 7.89. The van der Waals surface area contributed by atoms with E-state index in [2.05, 4.69) is 10.3 Å². The first-order valence-electron chi connectivity index (χ1n) is 10.8. The first-order chi connectivity index (χ1) is 15.6. The molecule has 2 aromatic carbocycles. The molecule has 33 heavy (non-hydrogen) atoms. The Labute approximate surface area is 191 Å². The number of sulfonamides is 1. The van der Waals surface area contributed by atoms with Crippen molar-refractivity contribution in [3.05, 3.63) is 69.4 Å². The Morgan fingerprint density at radius 2 is 1.67 bits per heavy atom. The Bertz CT molecular complexity index is 1400. The third-order valence-electron chi connectivity index (χ3n) is 5.80. The number of benzene rings is 2. The molecule has 10 heteroatoms. The van der Waals surface area contributed by atoms with Crippen molar-refractivity contribution in [2.24, 2.45) is 11.8 Å². The van der Waals surface area contributed by atoms with Crippen molar-refractivity contribution in [1.82, 2.24) is 13.9 Å². The molecule has 1 saturated heterocycles. The smallest absolute Gasteiger partial charge is 0.325 e. The number of hydrogen-bond acceptors (Lipinski definition) is 5. The molecule has 0 spiro atoms. The van der Waals surface area contributed by atoms with Gasteiger partial charge < -0.3 is 10.3 Å². The lowest BCUT2D eigenvalue weighted by Gasteiger charge is -2.34. The monoisotopic (exact) mass is 470 g/mol. The Hall–Kier alpha value is -3.24. The second kappa shape index (κ2) is 8.95. The number of aromatic nitrogens is 2. The molecule has 0 radical (unpaired) electrons. The second-order valence-electron chi connectivity index (χ2n) is 8.71. The summed E-state index contributed by atoms with van der Waals surface area (Å²) in [5.41, 5.74) is -0.473. The van der Waals surface area contributed by atoms with Crippen LogP contribution in [0.2, 0.25) is 0 Å². The van der Waals surface area contributed by atoms with E-state index in [9.17, 15) is 22.8 Å². The normalized spacial score (nSPS) is 19.5. The van der Waals surface area contributed by atoms with Crippen molar-refractivity contribution in [3.63, 3.8) is 0 Å². The van der Waals surface area contributed by atoms with Crippen LogP contribution in [0, 0.1) is 11.8 Å². The number of nitrogens with one attached hydrogen (secondary N) is 2. The molecule has 2 unspecified atom stereocenters. The summed E-state index contributed by atoms with van der Waals surface area (Å²) in [5, 5.41) is 2.91. The predicted octanol–water partition coefficient (Wildman–Crippen LogP) is 2.00. The number of aromatic amines is 1. The van der Waals surface area contributed by atoms with Crippen LogP contribution < -0.4 is 16.6 Å². The van der Waals surface area contributed by atoms with Crippen molar-refractivity contribution in [1.29, 1.82) is 0 Å². The van der Waals surface area contributed by atoms with Crippen molar-refractivity contribution >= 4 is 32.5 Å². The van der Waals surface area contributed by atoms with Gasteiger partial charge >= 0.3 is 5.69 Å². The molecule has 2 heterocycles. The zero-order chi connectivity index (χ0) is 23.8. The van der Waals surface area contributed by atoms with Gasteiger partial charge in [0.15, 0.2) is 0 Å². The highest BCUT2D eigenvalue weighted by Crippen LogP contribution is 2.27. The molecule has 0 saturated carbocycles. The minimum Gasteiger partial charge on any atom is -0.325 e. The molecular formula is C23H26N4O5S. The summed E-state index contributed by atoms with van der Waals surface area (Å²) in [6.07, 6.45) is 1.00. The van der Waals surface area contributed by atoms with Crippen LogP contribution in [-0.4, -0.2) is 41.3 Å². The number of carbonyl (C=O) groups is 1. The predicted molar refractivity (Wildman–Crippen MR) is 126 cm³/mol. The lowest BCUT2D eigenvalue weighted by molar-refractivity contribution is -0.116. The number of carbonyl (C=O) groups excluding carboxylic acids is 1. The second-order valence-corrected chi connectivity index (χ2v) is 10.6. The average Bonchev–Trinajstić information content (AvgIpc) is 2.76. The minimum atomic E-state index is -3.62. The third-order valence-corrected chi connectivity index (χ3v) is 7.65. The van der Waals surface area contributed by atoms with E-state index in [0.717, 1.165) is 11.0 Å². The van der Waals surface area contributed by atoms with Crippen LogP contribution in [0.3, 0.4) is 0 Å². The van der Waals surface area contributed by atoms with Crippen LogP contribution >= 0.6 is 0 Å². The molecule has 9 nitrogen and oxygen atoms in total. The van der Waals surface area contributed by atoms with Gasteiger partial charge in [0.2, 0.25) is 15.9 Å². The van der Waals surface area contributed by atoms with Gasteiger partial charge in [-0.2, -0.15) is 4.31 Å². The number of piperidine rings is 1. The number of anilines is 1. The molecule has 1 amide bonds. The number of amides is 1. The van der Waals surface area contributed by atoms with Crippen LogP contribution in [0.15, 0.2) is 63.0 Å². The summed E-state index contributed by atoms with van der Waals surface area (Å²) in [6, 6.07) is 12.4. The van der Waals surface area contributed by atoms with Gasteiger partial charge in [0.1, 0.15) is 6.54 Å². The zero-order valence-corrected chi connectivity index (χ0v) is 19.3. The Morgan fingerprint density at radius 1 is 1.03 bits per heavy atom. The van der Waals surface area contributed by atoms with Crippen molar-refractivity contribution in [3.8, 4) is 0 Å². The minimum absolute atomic E-state index is 0.156. The summed E-state index contributed by atoms with van der Waals surface area (Å²) in [7, 11) is -3.62. The number of para-hydroxylation sites is 1. The standard InChI is InChI=1S/C23H26N4O5S/c1-15-11-16(2)13-26(12-15)33(31,32)18-9-7-17(8-10-18)24-21(28)14-27-22(29)19-5-3-4-6-20(19)25-23(27)30/h3-10,15-16H,11-14H2,1-2H3,(H,24,28)(H,25,30). The van der Waals surface area contributed by atoms with Gasteiger partial charge in [-0.15, -0.1) is 0 Å². The molecule has 3 aromatic rings. The van der Waals surface area contributed by atoms with E-state index in [4.69, 9.17) is 0 Å². The summed E-state index contributed by atoms with van der Waals surface area (Å²) < 4.78 is 28.3. The van der Waals surface area contributed by atoms with Gasteiger partial charge in [0.05, 0.1) is 15.8 Å². The van der Waals surface area contributed by atoms with E-state index in [1.807, 2.05) is 13.8 Å². The van der Waals surface area contributed by atoms with Gasteiger partial charge in [-0.25, -0.2) is 13.2 Å². The first kappa shape index (κ1) is 22.9. The summed E-state index contributed by atoms with van der Waals surface area (Å²) >= 11 is 0. The van der Waals surface area contributed by atoms with Crippen molar-refractivity contribution in [2.45, 2.75) is 31.7 Å². The van der Waals surface area contributed by atoms with E-state index in [-0.39, 0.29) is 4.90 Å².